The molecule has 1 amide bonds. The van der Waals surface area contributed by atoms with E-state index in [1.807, 2.05) is 0 Å². The molecular weight excluding hydrogens is 288 g/mol. The van der Waals surface area contributed by atoms with Gasteiger partial charge < -0.3 is 10.4 Å². The minimum atomic E-state index is -1.33. The lowest BCUT2D eigenvalue weighted by Crippen LogP contribution is -2.55. The van der Waals surface area contributed by atoms with Gasteiger partial charge in [0.1, 0.15) is 17.2 Å². The van der Waals surface area contributed by atoms with E-state index < -0.39 is 35.5 Å². The van der Waals surface area contributed by atoms with E-state index in [9.17, 15) is 23.5 Å². The number of carbonyl (C=O) groups excluding carboxylic acids is 1. The average Bonchev–Trinajstić information content (AvgIpc) is 2.84. The van der Waals surface area contributed by atoms with Gasteiger partial charge in [0, 0.05) is 11.3 Å². The molecule has 0 radical (unpaired) electrons. The summed E-state index contributed by atoms with van der Waals surface area (Å²) in [5, 5.41) is 11.6. The van der Waals surface area contributed by atoms with Crippen molar-refractivity contribution in [3.63, 3.8) is 0 Å². The molecule has 1 aromatic rings. The molecule has 1 saturated heterocycles. The Morgan fingerprint density at radius 2 is 2.00 bits per heavy atom. The number of nitrogens with one attached hydrogen (secondary N) is 1. The van der Waals surface area contributed by atoms with Gasteiger partial charge in [-0.25, -0.2) is 13.6 Å². The van der Waals surface area contributed by atoms with Crippen molar-refractivity contribution in [3.05, 3.63) is 35.4 Å². The Bertz CT molecular complexity index is 524. The molecule has 0 bridgehead atoms. The SMILES string of the molecule is O=C(Cc1c(F)cccc1F)NC1(C(=O)O)CCSC1. The van der Waals surface area contributed by atoms with Gasteiger partial charge in [0.05, 0.1) is 6.42 Å². The highest BCUT2D eigenvalue weighted by Crippen LogP contribution is 2.28. The van der Waals surface area contributed by atoms with Crippen LogP contribution in [0, 0.1) is 11.6 Å². The molecule has 0 spiro atoms. The molecule has 0 saturated carbocycles. The summed E-state index contributed by atoms with van der Waals surface area (Å²) in [6.07, 6.45) is -0.212. The monoisotopic (exact) mass is 301 g/mol. The zero-order chi connectivity index (χ0) is 14.8. The summed E-state index contributed by atoms with van der Waals surface area (Å²) in [7, 11) is 0. The number of thioether (sulfide) groups is 1. The van der Waals surface area contributed by atoms with E-state index in [4.69, 9.17) is 0 Å². The van der Waals surface area contributed by atoms with Crippen LogP contribution in [0.25, 0.3) is 0 Å². The lowest BCUT2D eigenvalue weighted by molar-refractivity contribution is -0.146. The maximum atomic E-state index is 13.4. The molecule has 1 fully saturated rings. The molecule has 2 rings (SSSR count). The normalized spacial score (nSPS) is 21.7. The van der Waals surface area contributed by atoms with Crippen LogP contribution in [-0.4, -0.2) is 34.0 Å². The fourth-order valence-electron chi connectivity index (χ4n) is 2.06. The number of hydrogen-bond donors (Lipinski definition) is 2. The maximum absolute atomic E-state index is 13.4. The van der Waals surface area contributed by atoms with Crippen LogP contribution in [0.15, 0.2) is 18.2 Å². The predicted molar refractivity (Wildman–Crippen MR) is 70.5 cm³/mol. The van der Waals surface area contributed by atoms with E-state index in [0.29, 0.717) is 12.2 Å². The first kappa shape index (κ1) is 14.8. The Kier molecular flexibility index (Phi) is 4.27. The highest BCUT2D eigenvalue weighted by atomic mass is 32.2. The smallest absolute Gasteiger partial charge is 0.330 e. The van der Waals surface area contributed by atoms with Gasteiger partial charge >= 0.3 is 5.97 Å². The zero-order valence-corrected chi connectivity index (χ0v) is 11.3. The second kappa shape index (κ2) is 5.78. The highest BCUT2D eigenvalue weighted by molar-refractivity contribution is 7.99. The van der Waals surface area contributed by atoms with Crippen LogP contribution < -0.4 is 5.32 Å². The number of hydrogen-bond acceptors (Lipinski definition) is 3. The van der Waals surface area contributed by atoms with Crippen molar-refractivity contribution in [1.29, 1.82) is 0 Å². The van der Waals surface area contributed by atoms with Crippen LogP contribution in [0.5, 0.6) is 0 Å². The van der Waals surface area contributed by atoms with Crippen molar-refractivity contribution in [2.45, 2.75) is 18.4 Å². The Morgan fingerprint density at radius 3 is 2.50 bits per heavy atom. The summed E-state index contributed by atoms with van der Waals surface area (Å²) in [4.78, 5) is 23.1. The third kappa shape index (κ3) is 2.92. The summed E-state index contributed by atoms with van der Waals surface area (Å²) in [5.41, 5.74) is -1.68. The first-order valence-corrected chi connectivity index (χ1v) is 7.15. The van der Waals surface area contributed by atoms with Crippen molar-refractivity contribution in [2.24, 2.45) is 0 Å². The maximum Gasteiger partial charge on any atom is 0.330 e. The van der Waals surface area contributed by atoms with Gasteiger partial charge in [-0.3, -0.25) is 4.79 Å². The Hall–Kier alpha value is -1.63. The number of carbonyl (C=O) groups is 2. The number of rotatable bonds is 4. The summed E-state index contributed by atoms with van der Waals surface area (Å²) in [6, 6.07) is 3.33. The van der Waals surface area contributed by atoms with Gasteiger partial charge in [0.15, 0.2) is 0 Å². The van der Waals surface area contributed by atoms with E-state index in [1.165, 1.54) is 17.8 Å². The fourth-order valence-corrected chi connectivity index (χ4v) is 3.38. The van der Waals surface area contributed by atoms with E-state index in [2.05, 4.69) is 5.32 Å². The third-order valence-electron chi connectivity index (χ3n) is 3.21. The van der Waals surface area contributed by atoms with Crippen LogP contribution in [-0.2, 0) is 16.0 Å². The number of carboxylic acid groups (broad SMARTS) is 1. The summed E-state index contributed by atoms with van der Waals surface area (Å²) < 4.78 is 26.9. The van der Waals surface area contributed by atoms with Crippen molar-refractivity contribution in [1.82, 2.24) is 5.32 Å². The second-order valence-electron chi connectivity index (χ2n) is 4.62. The van der Waals surface area contributed by atoms with Crippen molar-refractivity contribution in [3.8, 4) is 0 Å². The number of benzene rings is 1. The molecule has 0 aromatic heterocycles. The molecule has 1 aliphatic rings. The molecular formula is C13H13F2NO3S. The van der Waals surface area contributed by atoms with E-state index in [0.717, 1.165) is 12.1 Å². The lowest BCUT2D eigenvalue weighted by atomic mass is 9.98. The molecule has 1 unspecified atom stereocenters. The van der Waals surface area contributed by atoms with Gasteiger partial charge in [0.25, 0.3) is 0 Å². The lowest BCUT2D eigenvalue weighted by Gasteiger charge is -2.24. The summed E-state index contributed by atoms with van der Waals surface area (Å²) in [6.45, 7) is 0. The number of amides is 1. The number of halogens is 2. The quantitative estimate of drug-likeness (QED) is 0.886. The van der Waals surface area contributed by atoms with Crippen LogP contribution in [0.2, 0.25) is 0 Å². The van der Waals surface area contributed by atoms with Gasteiger partial charge in [-0.05, 0) is 24.3 Å². The van der Waals surface area contributed by atoms with Crippen LogP contribution in [0.3, 0.4) is 0 Å². The van der Waals surface area contributed by atoms with Crippen LogP contribution >= 0.6 is 11.8 Å². The second-order valence-corrected chi connectivity index (χ2v) is 5.72. The number of carboxylic acids is 1. The largest absolute Gasteiger partial charge is 0.479 e. The van der Waals surface area contributed by atoms with E-state index >= 15 is 0 Å². The van der Waals surface area contributed by atoms with E-state index in [-0.39, 0.29) is 11.3 Å². The highest BCUT2D eigenvalue weighted by Gasteiger charge is 2.43. The van der Waals surface area contributed by atoms with Crippen molar-refractivity contribution >= 4 is 23.6 Å². The first-order valence-electron chi connectivity index (χ1n) is 6.00. The summed E-state index contributed by atoms with van der Waals surface area (Å²) in [5.74, 6) is -2.56. The minimum Gasteiger partial charge on any atom is -0.479 e. The molecule has 4 nitrogen and oxygen atoms in total. The average molecular weight is 301 g/mol. The van der Waals surface area contributed by atoms with Gasteiger partial charge in [0.2, 0.25) is 5.91 Å². The van der Waals surface area contributed by atoms with E-state index in [1.54, 1.807) is 0 Å². The molecule has 1 aromatic carbocycles. The minimum absolute atomic E-state index is 0.258. The Balaban J connectivity index is 2.11. The summed E-state index contributed by atoms with van der Waals surface area (Å²) >= 11 is 1.42. The Morgan fingerprint density at radius 1 is 1.35 bits per heavy atom. The zero-order valence-electron chi connectivity index (χ0n) is 10.5. The van der Waals surface area contributed by atoms with Crippen molar-refractivity contribution < 1.29 is 23.5 Å². The molecule has 1 aliphatic heterocycles. The topological polar surface area (TPSA) is 66.4 Å². The van der Waals surface area contributed by atoms with Gasteiger partial charge in [-0.1, -0.05) is 6.07 Å². The first-order chi connectivity index (χ1) is 9.44. The van der Waals surface area contributed by atoms with Crippen LogP contribution in [0.4, 0.5) is 8.78 Å². The molecule has 1 heterocycles. The molecule has 1 atom stereocenters. The molecule has 20 heavy (non-hydrogen) atoms. The number of aliphatic carboxylic acids is 1. The van der Waals surface area contributed by atoms with Crippen LogP contribution in [0.1, 0.15) is 12.0 Å². The fraction of sp³-hybridized carbons (Fsp3) is 0.385. The molecule has 2 N–H and O–H groups in total. The third-order valence-corrected chi connectivity index (χ3v) is 4.40. The predicted octanol–water partition coefficient (Wildman–Crippen LogP) is 1.58. The molecule has 108 valence electrons. The van der Waals surface area contributed by atoms with Gasteiger partial charge in [-0.15, -0.1) is 0 Å². The van der Waals surface area contributed by atoms with Gasteiger partial charge in [-0.2, -0.15) is 11.8 Å². The standard InChI is InChI=1S/C13H13F2NO3S/c14-9-2-1-3-10(15)8(9)6-11(17)16-13(12(18)19)4-5-20-7-13/h1-3H,4-7H2,(H,16,17)(H,18,19). The van der Waals surface area contributed by atoms with Crippen molar-refractivity contribution in [2.75, 3.05) is 11.5 Å². The Labute approximate surface area is 118 Å². The molecule has 0 aliphatic carbocycles. The molecule has 7 heteroatoms.